The highest BCUT2D eigenvalue weighted by atomic mass is 32.2. The van der Waals surface area contributed by atoms with Gasteiger partial charge in [-0.05, 0) is 61.7 Å². The van der Waals surface area contributed by atoms with Gasteiger partial charge in [0.2, 0.25) is 0 Å². The van der Waals surface area contributed by atoms with E-state index in [0.29, 0.717) is 25.1 Å². The Morgan fingerprint density at radius 2 is 1.51 bits per heavy atom. The maximum atomic E-state index is 13.3. The summed E-state index contributed by atoms with van der Waals surface area (Å²) in [6.45, 7) is 2.17. The van der Waals surface area contributed by atoms with Crippen LogP contribution in [0.5, 0.6) is 0 Å². The molecule has 0 bridgehead atoms. The summed E-state index contributed by atoms with van der Waals surface area (Å²) in [4.78, 5) is 35.1. The van der Waals surface area contributed by atoms with Crippen LogP contribution >= 0.6 is 0 Å². The number of nitro groups is 1. The van der Waals surface area contributed by atoms with Crippen LogP contribution in [0.4, 0.5) is 22.7 Å². The lowest BCUT2D eigenvalue weighted by Crippen LogP contribution is -2.35. The fraction of sp³-hybridized carbons (Fsp3) is 0.167. The minimum atomic E-state index is -3.81. The first-order chi connectivity index (χ1) is 16.6. The van der Waals surface area contributed by atoms with E-state index in [1.165, 1.54) is 34.6 Å². The number of non-ortho nitro benzene ring substituents is 1. The summed E-state index contributed by atoms with van der Waals surface area (Å²) in [6.07, 6.45) is 1.34. The predicted octanol–water partition coefficient (Wildman–Crippen LogP) is 3.62. The SMILES string of the molecule is Cc1ccc(S(=O)(=O)N2CCCc3ccc(NC(=O)C(=O)Nc4ccc([N+](=O)[O-])cc4)cc32)cc1. The molecule has 0 unspecified atom stereocenters. The number of amides is 2. The van der Waals surface area contributed by atoms with Crippen molar-refractivity contribution < 1.29 is 22.9 Å². The summed E-state index contributed by atoms with van der Waals surface area (Å²) in [7, 11) is -3.81. The van der Waals surface area contributed by atoms with E-state index in [1.54, 1.807) is 36.4 Å². The second-order valence-corrected chi connectivity index (χ2v) is 9.91. The van der Waals surface area contributed by atoms with Gasteiger partial charge in [-0.2, -0.15) is 0 Å². The van der Waals surface area contributed by atoms with Crippen LogP contribution in [0.2, 0.25) is 0 Å². The molecule has 0 fully saturated rings. The number of nitrogens with one attached hydrogen (secondary N) is 2. The Hall–Kier alpha value is -4.25. The zero-order valence-electron chi connectivity index (χ0n) is 18.7. The van der Waals surface area contributed by atoms with Crippen molar-refractivity contribution >= 4 is 44.6 Å². The van der Waals surface area contributed by atoms with Crippen molar-refractivity contribution in [2.45, 2.75) is 24.7 Å². The van der Waals surface area contributed by atoms with Gasteiger partial charge in [-0.25, -0.2) is 8.42 Å². The number of aryl methyl sites for hydroxylation is 2. The summed E-state index contributed by atoms with van der Waals surface area (Å²) in [5.41, 5.74) is 2.55. The van der Waals surface area contributed by atoms with E-state index in [0.717, 1.165) is 11.1 Å². The van der Waals surface area contributed by atoms with E-state index in [1.807, 2.05) is 6.92 Å². The highest BCUT2D eigenvalue weighted by molar-refractivity contribution is 7.92. The minimum Gasteiger partial charge on any atom is -0.318 e. The van der Waals surface area contributed by atoms with Crippen LogP contribution < -0.4 is 14.9 Å². The first-order valence-corrected chi connectivity index (χ1v) is 12.2. The van der Waals surface area contributed by atoms with Crippen molar-refractivity contribution in [2.24, 2.45) is 0 Å². The van der Waals surface area contributed by atoms with Crippen molar-refractivity contribution in [1.29, 1.82) is 0 Å². The van der Waals surface area contributed by atoms with Gasteiger partial charge in [0.1, 0.15) is 0 Å². The van der Waals surface area contributed by atoms with Crippen molar-refractivity contribution in [3.8, 4) is 0 Å². The number of sulfonamides is 1. The van der Waals surface area contributed by atoms with Gasteiger partial charge in [0, 0.05) is 30.1 Å². The van der Waals surface area contributed by atoms with Crippen LogP contribution in [-0.4, -0.2) is 31.7 Å². The Balaban J connectivity index is 1.52. The Morgan fingerprint density at radius 1 is 0.914 bits per heavy atom. The Kier molecular flexibility index (Phi) is 6.52. The molecule has 0 saturated carbocycles. The second-order valence-electron chi connectivity index (χ2n) is 8.05. The third-order valence-corrected chi connectivity index (χ3v) is 7.40. The van der Waals surface area contributed by atoms with Gasteiger partial charge in [-0.1, -0.05) is 23.8 Å². The van der Waals surface area contributed by atoms with E-state index >= 15 is 0 Å². The molecule has 2 N–H and O–H groups in total. The molecular weight excluding hydrogens is 472 g/mol. The van der Waals surface area contributed by atoms with Crippen LogP contribution in [0.1, 0.15) is 17.5 Å². The van der Waals surface area contributed by atoms with E-state index in [-0.39, 0.29) is 22.0 Å². The molecule has 10 nitrogen and oxygen atoms in total. The molecule has 1 aliphatic heterocycles. The van der Waals surface area contributed by atoms with Gasteiger partial charge in [-0.3, -0.25) is 24.0 Å². The molecule has 35 heavy (non-hydrogen) atoms. The van der Waals surface area contributed by atoms with E-state index in [4.69, 9.17) is 0 Å². The Labute approximate surface area is 201 Å². The Morgan fingerprint density at radius 3 is 2.14 bits per heavy atom. The van der Waals surface area contributed by atoms with E-state index in [9.17, 15) is 28.1 Å². The van der Waals surface area contributed by atoms with Crippen LogP contribution in [0.15, 0.2) is 71.6 Å². The second kappa shape index (κ2) is 9.55. The number of rotatable bonds is 5. The normalized spacial score (nSPS) is 13.0. The summed E-state index contributed by atoms with van der Waals surface area (Å²) in [6, 6.07) is 16.5. The molecule has 3 aromatic rings. The van der Waals surface area contributed by atoms with Crippen LogP contribution in [0.25, 0.3) is 0 Å². The van der Waals surface area contributed by atoms with E-state index < -0.39 is 26.8 Å². The average Bonchev–Trinajstić information content (AvgIpc) is 2.84. The number of benzene rings is 3. The fourth-order valence-electron chi connectivity index (χ4n) is 3.75. The smallest absolute Gasteiger partial charge is 0.314 e. The third kappa shape index (κ3) is 5.14. The number of carbonyl (C=O) groups is 2. The van der Waals surface area contributed by atoms with Gasteiger partial charge >= 0.3 is 11.8 Å². The molecule has 0 atom stereocenters. The molecule has 0 saturated heterocycles. The van der Waals surface area contributed by atoms with Crippen molar-refractivity contribution in [3.05, 3.63) is 88.0 Å². The average molecular weight is 495 g/mol. The number of hydrogen-bond donors (Lipinski definition) is 2. The first kappa shape index (κ1) is 23.9. The standard InChI is InChI=1S/C24H22N4O6S/c1-16-4-12-21(13-5-16)35(33,34)27-14-2-3-17-6-7-19(15-22(17)27)26-24(30)23(29)25-18-8-10-20(11-9-18)28(31)32/h4-13,15H,2-3,14H2,1H3,(H,25,29)(H,26,30). The van der Waals surface area contributed by atoms with Crippen molar-refractivity contribution in [3.63, 3.8) is 0 Å². The van der Waals surface area contributed by atoms with Gasteiger partial charge < -0.3 is 10.6 Å². The molecule has 0 aliphatic carbocycles. The van der Waals surface area contributed by atoms with Crippen molar-refractivity contribution in [2.75, 3.05) is 21.5 Å². The Bertz CT molecular complexity index is 1400. The zero-order chi connectivity index (χ0) is 25.2. The summed E-state index contributed by atoms with van der Waals surface area (Å²) < 4.78 is 27.9. The predicted molar refractivity (Wildman–Crippen MR) is 131 cm³/mol. The van der Waals surface area contributed by atoms with Gasteiger partial charge in [0.05, 0.1) is 15.5 Å². The zero-order valence-corrected chi connectivity index (χ0v) is 19.5. The molecule has 0 radical (unpaired) electrons. The topological polar surface area (TPSA) is 139 Å². The number of fused-ring (bicyclic) bond motifs is 1. The summed E-state index contributed by atoms with van der Waals surface area (Å²) in [5.74, 6) is -1.94. The lowest BCUT2D eigenvalue weighted by Gasteiger charge is -2.31. The minimum absolute atomic E-state index is 0.147. The summed E-state index contributed by atoms with van der Waals surface area (Å²) in [5, 5.41) is 15.6. The molecule has 0 spiro atoms. The molecule has 1 aliphatic rings. The fourth-order valence-corrected chi connectivity index (χ4v) is 5.28. The lowest BCUT2D eigenvalue weighted by atomic mass is 10.0. The third-order valence-electron chi connectivity index (χ3n) is 5.57. The molecule has 0 aromatic heterocycles. The summed E-state index contributed by atoms with van der Waals surface area (Å²) >= 11 is 0. The molecule has 4 rings (SSSR count). The monoisotopic (exact) mass is 494 g/mol. The molecule has 2 amide bonds. The van der Waals surface area contributed by atoms with Gasteiger partial charge in [-0.15, -0.1) is 0 Å². The van der Waals surface area contributed by atoms with Gasteiger partial charge in [0.25, 0.3) is 15.7 Å². The molecule has 3 aromatic carbocycles. The van der Waals surface area contributed by atoms with Crippen molar-refractivity contribution in [1.82, 2.24) is 0 Å². The molecule has 180 valence electrons. The largest absolute Gasteiger partial charge is 0.318 e. The lowest BCUT2D eigenvalue weighted by molar-refractivity contribution is -0.384. The van der Waals surface area contributed by atoms with Gasteiger partial charge in [0.15, 0.2) is 0 Å². The number of nitro benzene ring substituents is 1. The maximum Gasteiger partial charge on any atom is 0.314 e. The van der Waals surface area contributed by atoms with E-state index in [2.05, 4.69) is 10.6 Å². The maximum absolute atomic E-state index is 13.3. The van der Waals surface area contributed by atoms with Crippen LogP contribution in [0, 0.1) is 17.0 Å². The molecular formula is C24H22N4O6S. The quantitative estimate of drug-likeness (QED) is 0.316. The number of anilines is 3. The molecule has 11 heteroatoms. The molecule has 1 heterocycles. The highest BCUT2D eigenvalue weighted by Gasteiger charge is 2.29. The highest BCUT2D eigenvalue weighted by Crippen LogP contribution is 2.34. The number of hydrogen-bond acceptors (Lipinski definition) is 6. The van der Waals surface area contributed by atoms with Crippen LogP contribution in [0.3, 0.4) is 0 Å². The number of nitrogens with zero attached hydrogens (tertiary/aromatic N) is 2. The number of carbonyl (C=O) groups excluding carboxylic acids is 2. The first-order valence-electron chi connectivity index (χ1n) is 10.7. The van der Waals surface area contributed by atoms with Crippen LogP contribution in [-0.2, 0) is 26.0 Å².